The molecule has 5 nitrogen and oxygen atoms in total. The van der Waals surface area contributed by atoms with Gasteiger partial charge in [-0.25, -0.2) is 8.42 Å². The fourth-order valence-corrected chi connectivity index (χ4v) is 4.79. The summed E-state index contributed by atoms with van der Waals surface area (Å²) in [5, 5.41) is 0. The molecule has 1 saturated carbocycles. The van der Waals surface area contributed by atoms with Gasteiger partial charge in [-0.3, -0.25) is 14.5 Å². The number of carbonyl (C=O) groups excluding carboxylic acids is 2. The molecule has 6 heteroatoms. The molecule has 2 aliphatic rings. The average Bonchev–Trinajstić information content (AvgIpc) is 2.71. The van der Waals surface area contributed by atoms with Gasteiger partial charge < -0.3 is 0 Å². The number of hydrogen-bond donors (Lipinski definition) is 0. The Bertz CT molecular complexity index is 690. The number of benzene rings is 1. The van der Waals surface area contributed by atoms with Gasteiger partial charge in [-0.1, -0.05) is 25.0 Å². The Balaban J connectivity index is 1.92. The zero-order valence-corrected chi connectivity index (χ0v) is 13.3. The van der Waals surface area contributed by atoms with Crippen molar-refractivity contribution in [2.75, 3.05) is 12.0 Å². The van der Waals surface area contributed by atoms with Crippen LogP contribution >= 0.6 is 0 Å². The zero-order chi connectivity index (χ0) is 15.9. The van der Waals surface area contributed by atoms with E-state index < -0.39 is 9.84 Å². The molecule has 3 rings (SSSR count). The van der Waals surface area contributed by atoms with Gasteiger partial charge in [0.1, 0.15) is 9.84 Å². The number of sulfone groups is 1. The van der Waals surface area contributed by atoms with Crippen molar-refractivity contribution in [3.8, 4) is 0 Å². The number of carbonyl (C=O) groups is 2. The normalized spacial score (nSPS) is 25.4. The molecule has 1 aromatic rings. The molecule has 0 unspecified atom stereocenters. The van der Waals surface area contributed by atoms with E-state index in [-0.39, 0.29) is 29.5 Å². The molecule has 0 aromatic heterocycles. The largest absolute Gasteiger partial charge is 0.271 e. The van der Waals surface area contributed by atoms with E-state index in [4.69, 9.17) is 0 Å². The topological polar surface area (TPSA) is 71.5 Å². The summed E-state index contributed by atoms with van der Waals surface area (Å²) in [6.45, 7) is 0. The molecule has 0 saturated heterocycles. The van der Waals surface area contributed by atoms with Crippen molar-refractivity contribution in [3.63, 3.8) is 0 Å². The summed E-state index contributed by atoms with van der Waals surface area (Å²) in [6.07, 6.45) is 4.50. The number of imide groups is 1. The van der Waals surface area contributed by atoms with Crippen LogP contribution in [0, 0.1) is 5.92 Å². The molecule has 1 aliphatic carbocycles. The summed E-state index contributed by atoms with van der Waals surface area (Å²) in [5.74, 6) is -0.701. The van der Waals surface area contributed by atoms with Crippen LogP contribution in [0.3, 0.4) is 0 Å². The molecule has 0 N–H and O–H groups in total. The van der Waals surface area contributed by atoms with E-state index >= 15 is 0 Å². The summed E-state index contributed by atoms with van der Waals surface area (Å²) in [6, 6.07) is 6.48. The molecule has 0 bridgehead atoms. The van der Waals surface area contributed by atoms with Gasteiger partial charge in [-0.05, 0) is 30.9 Å². The number of fused-ring (bicyclic) bond motifs is 1. The van der Waals surface area contributed by atoms with Crippen LogP contribution in [0.1, 0.15) is 46.4 Å². The maximum Gasteiger partial charge on any atom is 0.261 e. The summed E-state index contributed by atoms with van der Waals surface area (Å²) in [4.78, 5) is 26.5. The minimum atomic E-state index is -3.14. The van der Waals surface area contributed by atoms with Crippen molar-refractivity contribution < 1.29 is 18.0 Å². The van der Waals surface area contributed by atoms with Crippen LogP contribution in [0.25, 0.3) is 0 Å². The van der Waals surface area contributed by atoms with E-state index in [0.717, 1.165) is 19.3 Å². The predicted octanol–water partition coefficient (Wildman–Crippen LogP) is 1.89. The Hall–Kier alpha value is -1.69. The smallest absolute Gasteiger partial charge is 0.261 e. The molecule has 22 heavy (non-hydrogen) atoms. The summed E-state index contributed by atoms with van der Waals surface area (Å²) in [5.41, 5.74) is 0.854. The van der Waals surface area contributed by atoms with E-state index in [2.05, 4.69) is 0 Å². The third-order valence-corrected chi connectivity index (χ3v) is 5.58. The monoisotopic (exact) mass is 321 g/mol. The highest BCUT2D eigenvalue weighted by atomic mass is 32.2. The first-order chi connectivity index (χ1) is 10.4. The van der Waals surface area contributed by atoms with Gasteiger partial charge in [0.2, 0.25) is 0 Å². The summed E-state index contributed by atoms with van der Waals surface area (Å²) >= 11 is 0. The Kier molecular flexibility index (Phi) is 3.80. The van der Waals surface area contributed by atoms with Crippen LogP contribution in [0.4, 0.5) is 0 Å². The second kappa shape index (κ2) is 5.50. The van der Waals surface area contributed by atoms with E-state index in [9.17, 15) is 18.0 Å². The van der Waals surface area contributed by atoms with Gasteiger partial charge in [0, 0.05) is 12.3 Å². The molecule has 1 aromatic carbocycles. The third-order valence-electron chi connectivity index (χ3n) is 4.54. The van der Waals surface area contributed by atoms with Gasteiger partial charge >= 0.3 is 0 Å². The van der Waals surface area contributed by atoms with E-state index in [1.165, 1.54) is 11.2 Å². The standard InChI is InChI=1S/C16H19NO4S/c1-22(20,21)10-11-6-2-5-9-14(11)17-15(18)12-7-3-4-8-13(12)16(17)19/h3-4,7-8,11,14H,2,5-6,9-10H2,1H3/t11-,14+/m0/s1. The first kappa shape index (κ1) is 15.2. The molecule has 1 fully saturated rings. The maximum absolute atomic E-state index is 12.6. The molecule has 2 amide bonds. The summed E-state index contributed by atoms with van der Waals surface area (Å²) in [7, 11) is -3.14. The maximum atomic E-state index is 12.6. The van der Waals surface area contributed by atoms with Crippen LogP contribution in [-0.2, 0) is 9.84 Å². The van der Waals surface area contributed by atoms with Gasteiger partial charge in [0.25, 0.3) is 11.8 Å². The van der Waals surface area contributed by atoms with Crippen LogP contribution in [0.15, 0.2) is 24.3 Å². The minimum Gasteiger partial charge on any atom is -0.271 e. The van der Waals surface area contributed by atoms with Gasteiger partial charge in [0.05, 0.1) is 16.9 Å². The van der Waals surface area contributed by atoms with Gasteiger partial charge in [-0.15, -0.1) is 0 Å². The quantitative estimate of drug-likeness (QED) is 0.797. The highest BCUT2D eigenvalue weighted by Gasteiger charge is 2.43. The molecule has 0 radical (unpaired) electrons. The highest BCUT2D eigenvalue weighted by Crippen LogP contribution is 2.34. The zero-order valence-electron chi connectivity index (χ0n) is 12.5. The Labute approximate surface area is 130 Å². The second-order valence-corrected chi connectivity index (χ2v) is 8.42. The van der Waals surface area contributed by atoms with E-state index in [1.807, 2.05) is 0 Å². The van der Waals surface area contributed by atoms with Crippen LogP contribution in [0.5, 0.6) is 0 Å². The lowest BCUT2D eigenvalue weighted by molar-refractivity contribution is 0.0488. The lowest BCUT2D eigenvalue weighted by Crippen LogP contribution is -2.47. The number of amides is 2. The van der Waals surface area contributed by atoms with Crippen LogP contribution in [0.2, 0.25) is 0 Å². The number of nitrogens with zero attached hydrogens (tertiary/aromatic N) is 1. The fourth-order valence-electron chi connectivity index (χ4n) is 3.62. The molecular weight excluding hydrogens is 302 g/mol. The summed E-state index contributed by atoms with van der Waals surface area (Å²) < 4.78 is 23.3. The lowest BCUT2D eigenvalue weighted by atomic mass is 9.84. The number of hydrogen-bond acceptors (Lipinski definition) is 4. The Morgan fingerprint density at radius 1 is 1.05 bits per heavy atom. The molecule has 0 spiro atoms. The van der Waals surface area contributed by atoms with Crippen LogP contribution in [-0.4, -0.2) is 43.2 Å². The molecule has 2 atom stereocenters. The van der Waals surface area contributed by atoms with Crippen molar-refractivity contribution >= 4 is 21.7 Å². The fraction of sp³-hybridized carbons (Fsp3) is 0.500. The van der Waals surface area contributed by atoms with Crippen molar-refractivity contribution in [1.29, 1.82) is 0 Å². The Morgan fingerprint density at radius 2 is 1.59 bits per heavy atom. The van der Waals surface area contributed by atoms with Crippen molar-refractivity contribution in [1.82, 2.24) is 4.90 Å². The minimum absolute atomic E-state index is 0.0328. The first-order valence-corrected chi connectivity index (χ1v) is 9.59. The predicted molar refractivity (Wildman–Crippen MR) is 82.4 cm³/mol. The van der Waals surface area contributed by atoms with Crippen molar-refractivity contribution in [2.45, 2.75) is 31.7 Å². The van der Waals surface area contributed by atoms with Gasteiger partial charge in [0.15, 0.2) is 0 Å². The third kappa shape index (κ3) is 2.67. The molecular formula is C16H19NO4S. The lowest BCUT2D eigenvalue weighted by Gasteiger charge is -2.36. The molecule has 118 valence electrons. The SMILES string of the molecule is CS(=O)(=O)C[C@@H]1CCCC[C@H]1N1C(=O)c2ccccc2C1=O. The number of rotatable bonds is 3. The molecule has 1 heterocycles. The van der Waals surface area contributed by atoms with Crippen molar-refractivity contribution in [3.05, 3.63) is 35.4 Å². The van der Waals surface area contributed by atoms with Crippen molar-refractivity contribution in [2.24, 2.45) is 5.92 Å². The Morgan fingerprint density at radius 3 is 2.14 bits per heavy atom. The second-order valence-electron chi connectivity index (χ2n) is 6.23. The van der Waals surface area contributed by atoms with Crippen LogP contribution < -0.4 is 0 Å². The van der Waals surface area contributed by atoms with E-state index in [0.29, 0.717) is 17.5 Å². The average molecular weight is 321 g/mol. The highest BCUT2D eigenvalue weighted by molar-refractivity contribution is 7.90. The van der Waals surface area contributed by atoms with Gasteiger partial charge in [-0.2, -0.15) is 0 Å². The molecule has 1 aliphatic heterocycles. The first-order valence-electron chi connectivity index (χ1n) is 7.53. The van der Waals surface area contributed by atoms with E-state index in [1.54, 1.807) is 24.3 Å².